The molecule has 0 radical (unpaired) electrons. The van der Waals surface area contributed by atoms with Crippen LogP contribution >= 0.6 is 0 Å². The van der Waals surface area contributed by atoms with Gasteiger partial charge in [0.25, 0.3) is 5.69 Å². The molecule has 140 valence electrons. The van der Waals surface area contributed by atoms with Gasteiger partial charge in [-0.15, -0.1) is 0 Å². The largest absolute Gasteiger partial charge is 0.489 e. The first-order valence-corrected chi connectivity index (χ1v) is 8.34. The topological polar surface area (TPSA) is 122 Å². The minimum absolute atomic E-state index is 0.01000. The number of nitrogens with zero attached hydrogens (tertiary/aromatic N) is 2. The van der Waals surface area contributed by atoms with Crippen LogP contribution in [0.1, 0.15) is 19.4 Å². The van der Waals surface area contributed by atoms with Crippen molar-refractivity contribution in [3.63, 3.8) is 0 Å². The van der Waals surface area contributed by atoms with Crippen LogP contribution in [0, 0.1) is 10.1 Å². The van der Waals surface area contributed by atoms with E-state index in [9.17, 15) is 14.9 Å². The van der Waals surface area contributed by atoms with Crippen LogP contribution < -0.4 is 15.4 Å². The van der Waals surface area contributed by atoms with E-state index in [1.54, 1.807) is 30.3 Å². The van der Waals surface area contributed by atoms with Gasteiger partial charge in [-0.05, 0) is 49.7 Å². The lowest BCUT2D eigenvalue weighted by Crippen LogP contribution is -2.34. The van der Waals surface area contributed by atoms with Crippen LogP contribution in [0.5, 0.6) is 5.75 Å². The normalized spacial score (nSPS) is 10.8. The van der Waals surface area contributed by atoms with E-state index in [4.69, 9.17) is 4.74 Å². The number of amides is 2. The number of nitro benzene ring substituents is 1. The summed E-state index contributed by atoms with van der Waals surface area (Å²) < 4.78 is 5.75. The number of carbonyl (C=O) groups excluding carboxylic acids is 1. The molecule has 0 atom stereocenters. The number of benzene rings is 2. The van der Waals surface area contributed by atoms with E-state index >= 15 is 0 Å². The first-order chi connectivity index (χ1) is 12.9. The van der Waals surface area contributed by atoms with Crippen LogP contribution in [-0.2, 0) is 6.61 Å². The van der Waals surface area contributed by atoms with Gasteiger partial charge in [0.05, 0.1) is 10.4 Å². The number of aromatic amines is 1. The average Bonchev–Trinajstić information content (AvgIpc) is 3.01. The minimum atomic E-state index is -0.443. The highest BCUT2D eigenvalue weighted by molar-refractivity contribution is 5.99. The Bertz CT molecular complexity index is 966. The van der Waals surface area contributed by atoms with Gasteiger partial charge in [-0.25, -0.2) is 4.79 Å². The highest BCUT2D eigenvalue weighted by atomic mass is 16.6. The number of hydrogen-bond donors (Lipinski definition) is 3. The fourth-order valence-corrected chi connectivity index (χ4v) is 2.46. The number of urea groups is 1. The summed E-state index contributed by atoms with van der Waals surface area (Å²) in [6, 6.07) is 11.2. The monoisotopic (exact) mass is 369 g/mol. The van der Waals surface area contributed by atoms with Crippen molar-refractivity contribution in [2.24, 2.45) is 0 Å². The number of carbonyl (C=O) groups is 1. The van der Waals surface area contributed by atoms with E-state index in [0.29, 0.717) is 11.6 Å². The number of fused-ring (bicyclic) bond motifs is 1. The predicted molar refractivity (Wildman–Crippen MR) is 101 cm³/mol. The molecule has 0 aliphatic heterocycles. The van der Waals surface area contributed by atoms with Crippen molar-refractivity contribution >= 4 is 28.4 Å². The molecule has 0 spiro atoms. The zero-order valence-electron chi connectivity index (χ0n) is 14.9. The lowest BCUT2D eigenvalue weighted by Gasteiger charge is -2.09. The third-order valence-corrected chi connectivity index (χ3v) is 3.74. The van der Waals surface area contributed by atoms with Crippen molar-refractivity contribution in [3.8, 4) is 5.75 Å². The predicted octanol–water partition coefficient (Wildman–Crippen LogP) is 3.58. The van der Waals surface area contributed by atoms with Crippen LogP contribution in [0.2, 0.25) is 0 Å². The van der Waals surface area contributed by atoms with Gasteiger partial charge in [0.2, 0.25) is 0 Å². The Morgan fingerprint density at radius 1 is 1.26 bits per heavy atom. The number of nitrogens with one attached hydrogen (secondary N) is 3. The zero-order chi connectivity index (χ0) is 19.4. The first kappa shape index (κ1) is 18.2. The highest BCUT2D eigenvalue weighted by Crippen LogP contribution is 2.26. The summed E-state index contributed by atoms with van der Waals surface area (Å²) in [5, 5.41) is 23.8. The van der Waals surface area contributed by atoms with Gasteiger partial charge in [-0.2, -0.15) is 5.10 Å². The molecule has 2 amide bonds. The summed E-state index contributed by atoms with van der Waals surface area (Å²) in [5.74, 6) is 0.999. The molecule has 0 bridgehead atoms. The van der Waals surface area contributed by atoms with Crippen molar-refractivity contribution in [3.05, 3.63) is 58.1 Å². The van der Waals surface area contributed by atoms with Crippen molar-refractivity contribution < 1.29 is 14.5 Å². The number of H-pyrrole nitrogens is 1. The van der Waals surface area contributed by atoms with Crippen LogP contribution in [0.15, 0.2) is 42.5 Å². The molecule has 3 N–H and O–H groups in total. The number of ether oxygens (including phenoxy) is 1. The fourth-order valence-electron chi connectivity index (χ4n) is 2.46. The van der Waals surface area contributed by atoms with Gasteiger partial charge in [-0.3, -0.25) is 20.5 Å². The lowest BCUT2D eigenvalue weighted by atomic mass is 10.2. The van der Waals surface area contributed by atoms with Gasteiger partial charge < -0.3 is 10.1 Å². The van der Waals surface area contributed by atoms with Gasteiger partial charge in [-0.1, -0.05) is 0 Å². The molecule has 9 nitrogen and oxygen atoms in total. The molecule has 3 aromatic rings. The smallest absolute Gasteiger partial charge is 0.320 e. The second kappa shape index (κ2) is 7.73. The van der Waals surface area contributed by atoms with Crippen LogP contribution in [0.25, 0.3) is 10.9 Å². The number of nitro groups is 1. The summed E-state index contributed by atoms with van der Waals surface area (Å²) in [5.41, 5.74) is 1.61. The number of non-ortho nitro benzene ring substituents is 1. The molecule has 9 heteroatoms. The molecule has 0 fully saturated rings. The molecule has 0 aliphatic rings. The third-order valence-electron chi connectivity index (χ3n) is 3.74. The van der Waals surface area contributed by atoms with Crippen LogP contribution in [0.4, 0.5) is 16.3 Å². The molecule has 3 rings (SSSR count). The Balaban J connectivity index is 1.71. The standard InChI is InChI=1S/C18H19N5O4/c1-11(2)19-18(24)20-17-15-9-14(7-8-16(15)21-22-17)27-10-12-3-5-13(6-4-12)23(25)26/h3-9,11H,10H2,1-2H3,(H3,19,20,21,22,24). The Hall–Kier alpha value is -3.62. The maximum atomic E-state index is 11.9. The molecular formula is C18H19N5O4. The molecular weight excluding hydrogens is 350 g/mol. The summed E-state index contributed by atoms with van der Waals surface area (Å²) in [4.78, 5) is 22.1. The zero-order valence-corrected chi connectivity index (χ0v) is 14.9. The molecule has 0 saturated carbocycles. The molecule has 0 aliphatic carbocycles. The average molecular weight is 369 g/mol. The van der Waals surface area contributed by atoms with Crippen LogP contribution in [0.3, 0.4) is 0 Å². The Morgan fingerprint density at radius 2 is 2.00 bits per heavy atom. The minimum Gasteiger partial charge on any atom is -0.489 e. The summed E-state index contributed by atoms with van der Waals surface area (Å²) in [6.07, 6.45) is 0. The summed E-state index contributed by atoms with van der Waals surface area (Å²) >= 11 is 0. The maximum Gasteiger partial charge on any atom is 0.320 e. The molecule has 0 unspecified atom stereocenters. The number of aromatic nitrogens is 2. The van der Waals surface area contributed by atoms with Crippen molar-refractivity contribution in [1.29, 1.82) is 0 Å². The quantitative estimate of drug-likeness (QED) is 0.453. The van der Waals surface area contributed by atoms with E-state index in [0.717, 1.165) is 16.5 Å². The molecule has 0 saturated heterocycles. The Kier molecular flexibility index (Phi) is 5.20. The summed E-state index contributed by atoms with van der Waals surface area (Å²) in [6.45, 7) is 4.00. The number of hydrogen-bond acceptors (Lipinski definition) is 5. The molecule has 1 heterocycles. The van der Waals surface area contributed by atoms with Gasteiger partial charge >= 0.3 is 6.03 Å². The van der Waals surface area contributed by atoms with E-state index in [1.807, 2.05) is 13.8 Å². The summed E-state index contributed by atoms with van der Waals surface area (Å²) in [7, 11) is 0. The van der Waals surface area contributed by atoms with Gasteiger partial charge in [0, 0.05) is 23.6 Å². The molecule has 1 aromatic heterocycles. The lowest BCUT2D eigenvalue weighted by molar-refractivity contribution is -0.384. The Morgan fingerprint density at radius 3 is 2.67 bits per heavy atom. The van der Waals surface area contributed by atoms with E-state index < -0.39 is 4.92 Å². The van der Waals surface area contributed by atoms with Gasteiger partial charge in [0.15, 0.2) is 5.82 Å². The second-order valence-corrected chi connectivity index (χ2v) is 6.24. The van der Waals surface area contributed by atoms with Crippen LogP contribution in [-0.4, -0.2) is 27.2 Å². The van der Waals surface area contributed by atoms with Crippen molar-refractivity contribution in [2.45, 2.75) is 26.5 Å². The maximum absolute atomic E-state index is 11.9. The molecule has 2 aromatic carbocycles. The van der Waals surface area contributed by atoms with Gasteiger partial charge in [0.1, 0.15) is 12.4 Å². The third kappa shape index (κ3) is 4.51. The highest BCUT2D eigenvalue weighted by Gasteiger charge is 2.11. The number of rotatable bonds is 6. The number of anilines is 1. The first-order valence-electron chi connectivity index (χ1n) is 8.34. The Labute approximate surface area is 154 Å². The second-order valence-electron chi connectivity index (χ2n) is 6.24. The van der Waals surface area contributed by atoms with Crippen molar-refractivity contribution in [1.82, 2.24) is 15.5 Å². The van der Waals surface area contributed by atoms with Crippen molar-refractivity contribution in [2.75, 3.05) is 5.32 Å². The molecule has 27 heavy (non-hydrogen) atoms. The SMILES string of the molecule is CC(C)NC(=O)Nc1n[nH]c2ccc(OCc3ccc([N+](=O)[O-])cc3)cc12. The van der Waals surface area contributed by atoms with E-state index in [1.165, 1.54) is 12.1 Å². The van der Waals surface area contributed by atoms with E-state index in [-0.39, 0.29) is 24.4 Å². The van der Waals surface area contributed by atoms with E-state index in [2.05, 4.69) is 20.8 Å². The fraction of sp³-hybridized carbons (Fsp3) is 0.222.